The third-order valence-electron chi connectivity index (χ3n) is 3.14. The number of carbonyl (C=O) groups is 1. The highest BCUT2D eigenvalue weighted by molar-refractivity contribution is 7.98. The number of hydrogen-bond donors (Lipinski definition) is 0. The van der Waals surface area contributed by atoms with E-state index in [9.17, 15) is 4.79 Å². The van der Waals surface area contributed by atoms with Gasteiger partial charge in [0.15, 0.2) is 0 Å². The molecule has 18 heavy (non-hydrogen) atoms. The second-order valence-corrected chi connectivity index (χ2v) is 6.13. The fraction of sp³-hybridized carbons (Fsp3) is 0.538. The molecule has 0 amide bonds. The van der Waals surface area contributed by atoms with Gasteiger partial charge in [-0.1, -0.05) is 11.6 Å². The quantitative estimate of drug-likeness (QED) is 0.752. The first kappa shape index (κ1) is 13.7. The highest BCUT2D eigenvalue weighted by Gasteiger charge is 2.44. The van der Waals surface area contributed by atoms with Gasteiger partial charge in [-0.05, 0) is 36.1 Å². The molecule has 0 bridgehead atoms. The van der Waals surface area contributed by atoms with Crippen LogP contribution in [0.2, 0.25) is 5.02 Å². The average Bonchev–Trinajstić information content (AvgIpc) is 3.09. The van der Waals surface area contributed by atoms with Gasteiger partial charge in [0.05, 0.1) is 19.2 Å². The van der Waals surface area contributed by atoms with Crippen molar-refractivity contribution in [1.82, 2.24) is 4.98 Å². The summed E-state index contributed by atoms with van der Waals surface area (Å²) in [5.74, 6) is 1.72. The standard InChI is InChI=1S/C13H16ClNO2S/c1-17-12(16)7-13(3-4-13)9-18-8-11-6-10(14)2-5-15-11/h2,5-6H,3-4,7-9H2,1H3. The van der Waals surface area contributed by atoms with E-state index in [2.05, 4.69) is 4.98 Å². The highest BCUT2D eigenvalue weighted by atomic mass is 35.5. The number of esters is 1. The molecule has 5 heteroatoms. The van der Waals surface area contributed by atoms with E-state index in [1.165, 1.54) is 7.11 Å². The van der Waals surface area contributed by atoms with E-state index in [1.54, 1.807) is 12.3 Å². The zero-order chi connectivity index (χ0) is 13.0. The lowest BCUT2D eigenvalue weighted by Crippen LogP contribution is -2.13. The lowest BCUT2D eigenvalue weighted by molar-refractivity contribution is -0.141. The number of aromatic nitrogens is 1. The molecule has 1 fully saturated rings. The molecule has 1 saturated carbocycles. The molecule has 0 atom stereocenters. The Hall–Kier alpha value is -0.740. The normalized spacial score (nSPS) is 16.3. The van der Waals surface area contributed by atoms with Crippen LogP contribution in [0.15, 0.2) is 18.3 Å². The molecule has 1 aromatic rings. The zero-order valence-electron chi connectivity index (χ0n) is 10.3. The minimum absolute atomic E-state index is 0.103. The Kier molecular flexibility index (Phi) is 4.51. The molecular weight excluding hydrogens is 270 g/mol. The van der Waals surface area contributed by atoms with Crippen LogP contribution in [0.5, 0.6) is 0 Å². The molecule has 0 unspecified atom stereocenters. The zero-order valence-corrected chi connectivity index (χ0v) is 11.9. The maximum absolute atomic E-state index is 11.3. The Morgan fingerprint density at radius 1 is 1.61 bits per heavy atom. The number of carbonyl (C=O) groups excluding carboxylic acids is 1. The van der Waals surface area contributed by atoms with Gasteiger partial charge >= 0.3 is 5.97 Å². The molecule has 1 aliphatic carbocycles. The Morgan fingerprint density at radius 3 is 3.00 bits per heavy atom. The number of ether oxygens (including phenoxy) is 1. The Bertz CT molecular complexity index is 435. The van der Waals surface area contributed by atoms with Crippen molar-refractivity contribution in [2.24, 2.45) is 5.41 Å². The first-order valence-corrected chi connectivity index (χ1v) is 7.42. The topological polar surface area (TPSA) is 39.2 Å². The second kappa shape index (κ2) is 5.93. The summed E-state index contributed by atoms with van der Waals surface area (Å²) in [6, 6.07) is 3.66. The van der Waals surface area contributed by atoms with Crippen LogP contribution in [0.3, 0.4) is 0 Å². The number of nitrogens with zero attached hydrogens (tertiary/aromatic N) is 1. The van der Waals surface area contributed by atoms with Crippen LogP contribution in [-0.2, 0) is 15.3 Å². The van der Waals surface area contributed by atoms with Gasteiger partial charge in [-0.15, -0.1) is 0 Å². The summed E-state index contributed by atoms with van der Waals surface area (Å²) < 4.78 is 4.73. The lowest BCUT2D eigenvalue weighted by Gasteiger charge is -2.12. The molecule has 1 aliphatic rings. The van der Waals surface area contributed by atoms with Gasteiger partial charge in [0.1, 0.15) is 0 Å². The van der Waals surface area contributed by atoms with Crippen LogP contribution in [0, 0.1) is 5.41 Å². The monoisotopic (exact) mass is 285 g/mol. The molecule has 0 saturated heterocycles. The number of halogens is 1. The molecule has 98 valence electrons. The van der Waals surface area contributed by atoms with Crippen molar-refractivity contribution in [2.75, 3.05) is 12.9 Å². The van der Waals surface area contributed by atoms with Crippen LogP contribution < -0.4 is 0 Å². The van der Waals surface area contributed by atoms with Gasteiger partial charge < -0.3 is 4.74 Å². The maximum Gasteiger partial charge on any atom is 0.306 e. The van der Waals surface area contributed by atoms with Crippen molar-refractivity contribution in [2.45, 2.75) is 25.0 Å². The van der Waals surface area contributed by atoms with E-state index in [4.69, 9.17) is 16.3 Å². The highest BCUT2D eigenvalue weighted by Crippen LogP contribution is 2.51. The summed E-state index contributed by atoms with van der Waals surface area (Å²) in [5, 5.41) is 0.719. The van der Waals surface area contributed by atoms with Crippen LogP contribution in [0.4, 0.5) is 0 Å². The van der Waals surface area contributed by atoms with Crippen LogP contribution >= 0.6 is 23.4 Å². The number of hydrogen-bond acceptors (Lipinski definition) is 4. The van der Waals surface area contributed by atoms with Crippen molar-refractivity contribution in [3.63, 3.8) is 0 Å². The van der Waals surface area contributed by atoms with E-state index in [-0.39, 0.29) is 11.4 Å². The largest absolute Gasteiger partial charge is 0.469 e. The van der Waals surface area contributed by atoms with Crippen molar-refractivity contribution < 1.29 is 9.53 Å². The van der Waals surface area contributed by atoms with E-state index >= 15 is 0 Å². The summed E-state index contributed by atoms with van der Waals surface area (Å²) in [4.78, 5) is 15.5. The van der Waals surface area contributed by atoms with Crippen molar-refractivity contribution >= 4 is 29.3 Å². The molecule has 0 aliphatic heterocycles. The van der Waals surface area contributed by atoms with Gasteiger partial charge in [0.25, 0.3) is 0 Å². The SMILES string of the molecule is COC(=O)CC1(CSCc2cc(Cl)ccn2)CC1. The van der Waals surface area contributed by atoms with E-state index < -0.39 is 0 Å². The fourth-order valence-corrected chi connectivity index (χ4v) is 3.30. The number of thioether (sulfide) groups is 1. The Labute approximate surface area is 116 Å². The van der Waals surface area contributed by atoms with Crippen molar-refractivity contribution in [3.8, 4) is 0 Å². The summed E-state index contributed by atoms with van der Waals surface area (Å²) in [6.07, 6.45) is 4.51. The second-order valence-electron chi connectivity index (χ2n) is 4.71. The van der Waals surface area contributed by atoms with Crippen LogP contribution in [0.1, 0.15) is 25.0 Å². The minimum Gasteiger partial charge on any atom is -0.469 e. The molecule has 0 spiro atoms. The molecule has 0 N–H and O–H groups in total. The number of methoxy groups -OCH3 is 1. The number of rotatable bonds is 6. The summed E-state index contributed by atoms with van der Waals surface area (Å²) in [7, 11) is 1.45. The summed E-state index contributed by atoms with van der Waals surface area (Å²) >= 11 is 7.71. The maximum atomic E-state index is 11.3. The first-order chi connectivity index (χ1) is 8.63. The molecule has 0 aromatic carbocycles. The molecule has 1 heterocycles. The van der Waals surface area contributed by atoms with Gasteiger partial charge in [-0.25, -0.2) is 0 Å². The minimum atomic E-state index is -0.103. The van der Waals surface area contributed by atoms with Crippen LogP contribution in [0.25, 0.3) is 0 Å². The predicted molar refractivity (Wildman–Crippen MR) is 73.7 cm³/mol. The molecular formula is C13H16ClNO2S. The summed E-state index contributed by atoms with van der Waals surface area (Å²) in [6.45, 7) is 0. The third kappa shape index (κ3) is 3.89. The molecule has 1 aromatic heterocycles. The summed E-state index contributed by atoms with van der Waals surface area (Å²) in [5.41, 5.74) is 1.16. The van der Waals surface area contributed by atoms with Gasteiger partial charge in [-0.2, -0.15) is 11.8 Å². The van der Waals surface area contributed by atoms with E-state index in [0.717, 1.165) is 35.1 Å². The fourth-order valence-electron chi connectivity index (χ4n) is 1.83. The van der Waals surface area contributed by atoms with E-state index in [0.29, 0.717) is 6.42 Å². The van der Waals surface area contributed by atoms with E-state index in [1.807, 2.05) is 17.8 Å². The van der Waals surface area contributed by atoms with Crippen molar-refractivity contribution in [3.05, 3.63) is 29.0 Å². The van der Waals surface area contributed by atoms with Gasteiger partial charge in [0.2, 0.25) is 0 Å². The van der Waals surface area contributed by atoms with Crippen molar-refractivity contribution in [1.29, 1.82) is 0 Å². The van der Waals surface area contributed by atoms with Gasteiger partial charge in [-0.3, -0.25) is 9.78 Å². The molecule has 2 rings (SSSR count). The smallest absolute Gasteiger partial charge is 0.306 e. The Morgan fingerprint density at radius 2 is 2.39 bits per heavy atom. The Balaban J connectivity index is 1.77. The predicted octanol–water partition coefficient (Wildman–Crippen LogP) is 3.31. The average molecular weight is 286 g/mol. The third-order valence-corrected chi connectivity index (χ3v) is 4.69. The number of pyridine rings is 1. The molecule has 3 nitrogen and oxygen atoms in total. The lowest BCUT2D eigenvalue weighted by atomic mass is 10.1. The first-order valence-electron chi connectivity index (χ1n) is 5.89. The van der Waals surface area contributed by atoms with Gasteiger partial charge in [0, 0.05) is 17.0 Å². The molecule has 0 radical (unpaired) electrons. The van der Waals surface area contributed by atoms with Crippen LogP contribution in [-0.4, -0.2) is 23.8 Å².